The van der Waals surface area contributed by atoms with E-state index in [1.165, 1.54) is 43.3 Å². The normalized spacial score (nSPS) is 11.9. The fourth-order valence-electron chi connectivity index (χ4n) is 2.52. The first kappa shape index (κ1) is 21.3. The monoisotopic (exact) mass is 437 g/mol. The highest BCUT2D eigenvalue weighted by molar-refractivity contribution is 7.99. The number of benzene rings is 2. The quantitative estimate of drug-likeness (QED) is 0.529. The highest BCUT2D eigenvalue weighted by Crippen LogP contribution is 2.26. The molecule has 0 saturated carbocycles. The van der Waals surface area contributed by atoms with E-state index in [1.54, 1.807) is 25.2 Å². The maximum absolute atomic E-state index is 13.7. The summed E-state index contributed by atoms with van der Waals surface area (Å²) in [6.45, 7) is 0.158. The number of carbonyl (C=O) groups excluding carboxylic acids is 1. The Hall–Kier alpha value is -2.43. The Kier molecular flexibility index (Phi) is 6.25. The number of hydrogen-bond acceptors (Lipinski definition) is 6. The maximum Gasteiger partial charge on any atom is 0.257 e. The first-order valence-electron chi connectivity index (χ1n) is 8.62. The van der Waals surface area contributed by atoms with E-state index in [9.17, 15) is 17.6 Å². The molecule has 0 saturated heterocycles. The third-order valence-electron chi connectivity index (χ3n) is 4.23. The number of fused-ring (bicyclic) bond motifs is 1. The van der Waals surface area contributed by atoms with Crippen molar-refractivity contribution >= 4 is 38.8 Å². The number of hydrogen-bond donors (Lipinski definition) is 0. The minimum Gasteiger partial charge on any atom is -0.431 e. The van der Waals surface area contributed by atoms with Gasteiger partial charge in [-0.3, -0.25) is 4.79 Å². The summed E-state index contributed by atoms with van der Waals surface area (Å²) < 4.78 is 44.9. The number of sulfonamides is 1. The van der Waals surface area contributed by atoms with Crippen molar-refractivity contribution in [2.45, 2.75) is 16.7 Å². The fourth-order valence-corrected chi connectivity index (χ4v) is 4.22. The van der Waals surface area contributed by atoms with Gasteiger partial charge in [-0.15, -0.1) is 0 Å². The highest BCUT2D eigenvalue weighted by Gasteiger charge is 2.19. The van der Waals surface area contributed by atoms with Gasteiger partial charge in [-0.05, 0) is 24.3 Å². The van der Waals surface area contributed by atoms with Gasteiger partial charge >= 0.3 is 0 Å². The number of amides is 1. The third kappa shape index (κ3) is 4.77. The molecular formula is C19H20FN3O4S2. The highest BCUT2D eigenvalue weighted by atomic mass is 32.2. The van der Waals surface area contributed by atoms with Gasteiger partial charge in [0.25, 0.3) is 5.22 Å². The largest absolute Gasteiger partial charge is 0.431 e. The number of thioether (sulfide) groups is 1. The van der Waals surface area contributed by atoms with Crippen molar-refractivity contribution in [3.8, 4) is 0 Å². The molecule has 0 unspecified atom stereocenters. The van der Waals surface area contributed by atoms with Crippen molar-refractivity contribution in [3.05, 3.63) is 53.8 Å². The first-order valence-corrected chi connectivity index (χ1v) is 11.0. The Morgan fingerprint density at radius 2 is 1.90 bits per heavy atom. The average molecular weight is 438 g/mol. The molecule has 0 aliphatic heterocycles. The topological polar surface area (TPSA) is 83.7 Å². The molecule has 0 aliphatic carbocycles. The molecule has 1 aromatic heterocycles. The van der Waals surface area contributed by atoms with Crippen molar-refractivity contribution in [1.82, 2.24) is 14.2 Å². The molecule has 10 heteroatoms. The molecular weight excluding hydrogens is 417 g/mol. The van der Waals surface area contributed by atoms with Crippen molar-refractivity contribution in [3.63, 3.8) is 0 Å². The molecule has 3 aromatic rings. The van der Waals surface area contributed by atoms with Crippen LogP contribution in [0, 0.1) is 5.82 Å². The van der Waals surface area contributed by atoms with E-state index >= 15 is 0 Å². The summed E-state index contributed by atoms with van der Waals surface area (Å²) in [4.78, 5) is 18.1. The lowest BCUT2D eigenvalue weighted by molar-refractivity contribution is -0.127. The fraction of sp³-hybridized carbons (Fsp3) is 0.263. The molecule has 3 rings (SSSR count). The Labute approximate surface area is 172 Å². The Morgan fingerprint density at radius 1 is 1.17 bits per heavy atom. The molecule has 29 heavy (non-hydrogen) atoms. The van der Waals surface area contributed by atoms with E-state index < -0.39 is 10.0 Å². The molecule has 0 spiro atoms. The minimum absolute atomic E-state index is 0.0562. The summed E-state index contributed by atoms with van der Waals surface area (Å²) in [5, 5.41) is 0.257. The minimum atomic E-state index is -3.58. The predicted molar refractivity (Wildman–Crippen MR) is 108 cm³/mol. The van der Waals surface area contributed by atoms with E-state index in [2.05, 4.69) is 4.98 Å². The zero-order valence-corrected chi connectivity index (χ0v) is 17.8. The summed E-state index contributed by atoms with van der Waals surface area (Å²) >= 11 is 1.09. The van der Waals surface area contributed by atoms with Crippen LogP contribution in [0.4, 0.5) is 4.39 Å². The summed E-state index contributed by atoms with van der Waals surface area (Å²) in [6.07, 6.45) is 0. The van der Waals surface area contributed by atoms with Crippen LogP contribution in [0.5, 0.6) is 0 Å². The standard InChI is InChI=1S/C19H20FN3O4S2/c1-22(2)29(25,26)14-8-9-17-16(10-14)21-19(27-17)28-12-18(24)23(3)11-13-6-4-5-7-15(13)20/h4-10H,11-12H2,1-3H3. The van der Waals surface area contributed by atoms with Crippen molar-refractivity contribution in [1.29, 1.82) is 0 Å². The van der Waals surface area contributed by atoms with Crippen LogP contribution in [0.15, 0.2) is 57.0 Å². The van der Waals surface area contributed by atoms with Crippen molar-refractivity contribution in [2.75, 3.05) is 26.9 Å². The summed E-state index contributed by atoms with van der Waals surface area (Å²) in [5.41, 5.74) is 1.25. The van der Waals surface area contributed by atoms with Gasteiger partial charge in [-0.1, -0.05) is 30.0 Å². The van der Waals surface area contributed by atoms with Crippen LogP contribution in [-0.4, -0.2) is 55.4 Å². The van der Waals surface area contributed by atoms with E-state index in [0.29, 0.717) is 16.7 Å². The second-order valence-electron chi connectivity index (χ2n) is 6.53. The number of rotatable bonds is 7. The molecule has 0 aliphatic rings. The van der Waals surface area contributed by atoms with E-state index in [-0.39, 0.29) is 34.1 Å². The van der Waals surface area contributed by atoms with Gasteiger partial charge in [-0.25, -0.2) is 22.1 Å². The first-order chi connectivity index (χ1) is 13.7. The molecule has 1 amide bonds. The zero-order chi connectivity index (χ0) is 21.2. The SMILES string of the molecule is CN(Cc1ccccc1F)C(=O)CSc1nc2cc(S(=O)(=O)N(C)C)ccc2o1. The Morgan fingerprint density at radius 3 is 2.59 bits per heavy atom. The Balaban J connectivity index is 1.67. The predicted octanol–water partition coefficient (Wildman–Crippen LogP) is 2.97. The number of oxazole rings is 1. The second-order valence-corrected chi connectivity index (χ2v) is 9.61. The van der Waals surface area contributed by atoms with Crippen LogP contribution in [-0.2, 0) is 21.4 Å². The molecule has 0 bridgehead atoms. The number of halogens is 1. The Bertz CT molecular complexity index is 1150. The number of nitrogens with zero attached hydrogens (tertiary/aromatic N) is 3. The van der Waals surface area contributed by atoms with Crippen molar-refractivity contribution < 1.29 is 22.0 Å². The molecule has 154 valence electrons. The molecule has 1 heterocycles. The number of aromatic nitrogens is 1. The maximum atomic E-state index is 13.7. The molecule has 7 nitrogen and oxygen atoms in total. The van der Waals surface area contributed by atoms with Crippen LogP contribution in [0.3, 0.4) is 0 Å². The van der Waals surface area contributed by atoms with Gasteiger partial charge < -0.3 is 9.32 Å². The van der Waals surface area contributed by atoms with Crippen LogP contribution in [0.25, 0.3) is 11.1 Å². The third-order valence-corrected chi connectivity index (χ3v) is 6.85. The van der Waals surface area contributed by atoms with Gasteiger partial charge in [0.15, 0.2) is 5.58 Å². The average Bonchev–Trinajstić information content (AvgIpc) is 3.09. The molecule has 0 radical (unpaired) electrons. The van der Waals surface area contributed by atoms with Gasteiger partial charge in [0.1, 0.15) is 11.3 Å². The van der Waals surface area contributed by atoms with Crippen LogP contribution < -0.4 is 0 Å². The smallest absolute Gasteiger partial charge is 0.257 e. The summed E-state index contributed by atoms with van der Waals surface area (Å²) in [6, 6.07) is 10.7. The molecule has 0 fully saturated rings. The second kappa shape index (κ2) is 8.52. The van der Waals surface area contributed by atoms with Gasteiger partial charge in [0.05, 0.1) is 10.6 Å². The van der Waals surface area contributed by atoms with E-state index in [0.717, 1.165) is 16.1 Å². The van der Waals surface area contributed by atoms with Crippen LogP contribution in [0.1, 0.15) is 5.56 Å². The molecule has 0 N–H and O–H groups in total. The lowest BCUT2D eigenvalue weighted by Gasteiger charge is -2.17. The van der Waals surface area contributed by atoms with Gasteiger partial charge in [-0.2, -0.15) is 0 Å². The van der Waals surface area contributed by atoms with E-state index in [4.69, 9.17) is 4.42 Å². The van der Waals surface area contributed by atoms with Crippen LogP contribution in [0.2, 0.25) is 0 Å². The van der Waals surface area contributed by atoms with E-state index in [1.807, 2.05) is 0 Å². The lowest BCUT2D eigenvalue weighted by Crippen LogP contribution is -2.28. The summed E-state index contributed by atoms with van der Waals surface area (Å²) in [7, 11) is 0.924. The van der Waals surface area contributed by atoms with Gasteiger partial charge in [0.2, 0.25) is 15.9 Å². The zero-order valence-electron chi connectivity index (χ0n) is 16.1. The summed E-state index contributed by atoms with van der Waals surface area (Å²) in [5.74, 6) is -0.515. The van der Waals surface area contributed by atoms with Crippen molar-refractivity contribution in [2.24, 2.45) is 0 Å². The lowest BCUT2D eigenvalue weighted by atomic mass is 10.2. The molecule has 0 atom stereocenters. The van der Waals surface area contributed by atoms with Gasteiger partial charge in [0, 0.05) is 33.3 Å². The molecule has 2 aromatic carbocycles. The van der Waals surface area contributed by atoms with Crippen LogP contribution >= 0.6 is 11.8 Å². The number of carbonyl (C=O) groups is 1.